The number of thiazole rings is 1. The lowest BCUT2D eigenvalue weighted by Gasteiger charge is -2.24. The molecule has 0 bridgehead atoms. The minimum Gasteiger partial charge on any atom is -0.497 e. The number of allylic oxidation sites excluding steroid dienone is 1. The highest BCUT2D eigenvalue weighted by Crippen LogP contribution is 2.32. The van der Waals surface area contributed by atoms with Crippen LogP contribution in [0.2, 0.25) is 0 Å². The highest BCUT2D eigenvalue weighted by molar-refractivity contribution is 7.98. The van der Waals surface area contributed by atoms with E-state index in [1.54, 1.807) is 35.0 Å². The lowest BCUT2D eigenvalue weighted by Crippen LogP contribution is -2.39. The molecule has 0 saturated heterocycles. The smallest absolute Gasteiger partial charge is 0.338 e. The van der Waals surface area contributed by atoms with E-state index in [9.17, 15) is 9.59 Å². The largest absolute Gasteiger partial charge is 0.497 e. The first-order valence-electron chi connectivity index (χ1n) is 14.2. The third-order valence-corrected chi connectivity index (χ3v) is 9.15. The molecule has 6 rings (SSSR count). The predicted molar refractivity (Wildman–Crippen MR) is 179 cm³/mol. The maximum absolute atomic E-state index is 14.3. The number of nitrogens with zero attached hydrogens (tertiary/aromatic N) is 4. The van der Waals surface area contributed by atoms with Gasteiger partial charge in [-0.05, 0) is 73.3 Å². The van der Waals surface area contributed by atoms with Crippen molar-refractivity contribution in [2.45, 2.75) is 17.9 Å². The van der Waals surface area contributed by atoms with E-state index in [1.807, 2.05) is 97.4 Å². The molecule has 1 atom stereocenters. The number of carbonyl (C=O) groups is 1. The number of thioether (sulfide) groups is 1. The van der Waals surface area contributed by atoms with Gasteiger partial charge in [0.2, 0.25) is 0 Å². The SMILES string of the molecule is C=CCOC(=O)C1=C(C)N=c2sc(=Cc3cn(-c4ccccc4)nc3-c3ccc(OC)cc3)c(=O)n2C1c1ccc(SC)cc1. The van der Waals surface area contributed by atoms with E-state index < -0.39 is 12.0 Å². The average molecular weight is 635 g/mol. The number of benzene rings is 3. The highest BCUT2D eigenvalue weighted by Gasteiger charge is 2.33. The van der Waals surface area contributed by atoms with Crippen LogP contribution in [-0.4, -0.2) is 40.3 Å². The van der Waals surface area contributed by atoms with Gasteiger partial charge in [-0.25, -0.2) is 14.5 Å². The van der Waals surface area contributed by atoms with Crippen molar-refractivity contribution < 1.29 is 14.3 Å². The lowest BCUT2D eigenvalue weighted by atomic mass is 9.96. The van der Waals surface area contributed by atoms with Crippen LogP contribution >= 0.6 is 23.1 Å². The average Bonchev–Trinajstić information content (AvgIpc) is 3.63. The molecule has 2 aromatic heterocycles. The van der Waals surface area contributed by atoms with Crippen LogP contribution in [0.1, 0.15) is 24.1 Å². The summed E-state index contributed by atoms with van der Waals surface area (Å²) in [5, 5.41) is 4.91. The number of fused-ring (bicyclic) bond motifs is 1. The minimum absolute atomic E-state index is 0.0533. The van der Waals surface area contributed by atoms with E-state index in [1.165, 1.54) is 17.4 Å². The number of methoxy groups -OCH3 is 1. The second-order valence-corrected chi connectivity index (χ2v) is 12.1. The molecule has 1 aliphatic heterocycles. The summed E-state index contributed by atoms with van der Waals surface area (Å²) in [5.41, 5.74) is 4.59. The molecule has 8 nitrogen and oxygen atoms in total. The number of hydrogen-bond acceptors (Lipinski definition) is 8. The number of aromatic nitrogens is 3. The van der Waals surface area contributed by atoms with E-state index >= 15 is 0 Å². The third kappa shape index (κ3) is 5.94. The first-order valence-corrected chi connectivity index (χ1v) is 16.2. The van der Waals surface area contributed by atoms with Crippen molar-refractivity contribution >= 4 is 35.1 Å². The molecule has 0 radical (unpaired) electrons. The third-order valence-electron chi connectivity index (χ3n) is 7.42. The van der Waals surface area contributed by atoms with E-state index in [-0.39, 0.29) is 12.2 Å². The van der Waals surface area contributed by atoms with Crippen LogP contribution in [0.3, 0.4) is 0 Å². The van der Waals surface area contributed by atoms with Gasteiger partial charge in [0.15, 0.2) is 4.80 Å². The fourth-order valence-electron chi connectivity index (χ4n) is 5.22. The molecule has 0 saturated carbocycles. The summed E-state index contributed by atoms with van der Waals surface area (Å²) >= 11 is 2.90. The molecular weight excluding hydrogens is 605 g/mol. The minimum atomic E-state index is -0.704. The van der Waals surface area contributed by atoms with Gasteiger partial charge in [-0.2, -0.15) is 5.10 Å². The number of rotatable bonds is 9. The fourth-order valence-corrected chi connectivity index (χ4v) is 6.66. The molecule has 0 spiro atoms. The Morgan fingerprint density at radius 1 is 1.07 bits per heavy atom. The molecule has 0 aliphatic carbocycles. The van der Waals surface area contributed by atoms with Gasteiger partial charge in [0, 0.05) is 22.2 Å². The second kappa shape index (κ2) is 13.0. The van der Waals surface area contributed by atoms with Gasteiger partial charge < -0.3 is 9.47 Å². The van der Waals surface area contributed by atoms with Crippen molar-refractivity contribution in [1.82, 2.24) is 14.3 Å². The highest BCUT2D eigenvalue weighted by atomic mass is 32.2. The fraction of sp³-hybridized carbons (Fsp3) is 0.143. The maximum Gasteiger partial charge on any atom is 0.338 e. The lowest BCUT2D eigenvalue weighted by molar-refractivity contribution is -0.138. The van der Waals surface area contributed by atoms with Crippen molar-refractivity contribution in [2.24, 2.45) is 4.99 Å². The Balaban J connectivity index is 1.53. The number of para-hydroxylation sites is 1. The summed E-state index contributed by atoms with van der Waals surface area (Å²) in [6.45, 7) is 5.48. The number of ether oxygens (including phenoxy) is 2. The summed E-state index contributed by atoms with van der Waals surface area (Å²) in [7, 11) is 1.63. The molecule has 3 heterocycles. The summed E-state index contributed by atoms with van der Waals surface area (Å²) in [4.78, 5) is 33.9. The van der Waals surface area contributed by atoms with Crippen molar-refractivity contribution in [2.75, 3.05) is 20.0 Å². The van der Waals surface area contributed by atoms with Gasteiger partial charge in [-0.3, -0.25) is 9.36 Å². The van der Waals surface area contributed by atoms with Crippen LogP contribution < -0.4 is 19.6 Å². The Morgan fingerprint density at radius 2 is 1.80 bits per heavy atom. The van der Waals surface area contributed by atoms with Gasteiger partial charge in [-0.1, -0.05) is 54.3 Å². The Bertz CT molecular complexity index is 2090. The Kier molecular flexibility index (Phi) is 8.68. The molecule has 1 unspecified atom stereocenters. The molecule has 0 amide bonds. The van der Waals surface area contributed by atoms with E-state index in [0.717, 1.165) is 33.0 Å². The topological polar surface area (TPSA) is 87.7 Å². The molecule has 0 fully saturated rings. The van der Waals surface area contributed by atoms with Crippen LogP contribution in [0, 0.1) is 0 Å². The van der Waals surface area contributed by atoms with Gasteiger partial charge in [-0.15, -0.1) is 11.8 Å². The van der Waals surface area contributed by atoms with Crippen molar-refractivity contribution in [3.8, 4) is 22.7 Å². The standard InChI is InChI=1S/C35H30N4O4S2/c1-5-19-43-34(41)30-22(2)36-35-39(32(30)24-13-17-28(44-4)18-14-24)33(40)29(45-35)20-25-21-38(26-9-7-6-8-10-26)37-31(25)23-11-15-27(42-3)16-12-23/h5-18,20-21,32H,1,19H2,2-4H3. The molecule has 0 N–H and O–H groups in total. The Hall–Kier alpha value is -4.93. The van der Waals surface area contributed by atoms with E-state index in [2.05, 4.69) is 6.58 Å². The van der Waals surface area contributed by atoms with Crippen LogP contribution in [0.15, 0.2) is 124 Å². The monoisotopic (exact) mass is 634 g/mol. The summed E-state index contributed by atoms with van der Waals surface area (Å²) in [6.07, 6.45) is 7.27. The molecular formula is C35H30N4O4S2. The molecule has 226 valence electrons. The zero-order valence-corrected chi connectivity index (χ0v) is 26.6. The van der Waals surface area contributed by atoms with Crippen molar-refractivity contribution in [1.29, 1.82) is 0 Å². The first kappa shape index (κ1) is 30.1. The van der Waals surface area contributed by atoms with E-state index in [0.29, 0.717) is 26.3 Å². The van der Waals surface area contributed by atoms with E-state index in [4.69, 9.17) is 19.6 Å². The Labute approximate surface area is 268 Å². The summed E-state index contributed by atoms with van der Waals surface area (Å²) < 4.78 is 14.7. The molecule has 3 aromatic carbocycles. The zero-order valence-electron chi connectivity index (χ0n) is 25.0. The molecule has 45 heavy (non-hydrogen) atoms. The second-order valence-electron chi connectivity index (χ2n) is 10.2. The van der Waals surface area contributed by atoms with Crippen molar-refractivity contribution in [3.63, 3.8) is 0 Å². The molecule has 5 aromatic rings. The van der Waals surface area contributed by atoms with Gasteiger partial charge in [0.05, 0.1) is 34.6 Å². The Morgan fingerprint density at radius 3 is 2.47 bits per heavy atom. The number of esters is 1. The van der Waals surface area contributed by atoms with Gasteiger partial charge in [0.25, 0.3) is 5.56 Å². The summed E-state index contributed by atoms with van der Waals surface area (Å²) in [6, 6.07) is 24.6. The normalized spacial score (nSPS) is 14.6. The maximum atomic E-state index is 14.3. The quantitative estimate of drug-likeness (QED) is 0.120. The predicted octanol–water partition coefficient (Wildman–Crippen LogP) is 5.55. The molecule has 10 heteroatoms. The van der Waals surface area contributed by atoms with Crippen LogP contribution in [0.4, 0.5) is 0 Å². The van der Waals surface area contributed by atoms with Crippen LogP contribution in [0.5, 0.6) is 5.75 Å². The summed E-state index contributed by atoms with van der Waals surface area (Å²) in [5.74, 6) is 0.203. The van der Waals surface area contributed by atoms with Crippen LogP contribution in [-0.2, 0) is 9.53 Å². The first-order chi connectivity index (χ1) is 21.9. The van der Waals surface area contributed by atoms with Gasteiger partial charge >= 0.3 is 5.97 Å². The van der Waals surface area contributed by atoms with Crippen molar-refractivity contribution in [3.05, 3.63) is 140 Å². The van der Waals surface area contributed by atoms with Crippen LogP contribution in [0.25, 0.3) is 23.0 Å². The number of carbonyl (C=O) groups excluding carboxylic acids is 1. The van der Waals surface area contributed by atoms with Gasteiger partial charge in [0.1, 0.15) is 18.1 Å². The molecule has 1 aliphatic rings. The number of hydrogen-bond donors (Lipinski definition) is 0. The zero-order chi connectivity index (χ0) is 31.5.